The number of Topliss-reactive ketones (excluding diaryl/α,β-unsaturated/α-hetero) is 1. The van der Waals surface area contributed by atoms with Crippen molar-refractivity contribution in [3.05, 3.63) is 34.9 Å². The zero-order chi connectivity index (χ0) is 12.9. The number of carbonyl (C=O) groups is 1. The minimum atomic E-state index is 0.0742. The van der Waals surface area contributed by atoms with Gasteiger partial charge in [0.25, 0.3) is 0 Å². The third-order valence-electron chi connectivity index (χ3n) is 4.93. The Hall–Kier alpha value is -1.15. The molecule has 0 aromatic heterocycles. The van der Waals surface area contributed by atoms with Crippen molar-refractivity contribution in [2.24, 2.45) is 23.5 Å². The number of aryl methyl sites for hydroxylation is 2. The zero-order valence-corrected chi connectivity index (χ0v) is 11.1. The van der Waals surface area contributed by atoms with Gasteiger partial charge in [-0.25, -0.2) is 0 Å². The molecule has 0 saturated heterocycles. The van der Waals surface area contributed by atoms with Crippen molar-refractivity contribution in [1.29, 1.82) is 0 Å². The third-order valence-corrected chi connectivity index (χ3v) is 4.93. The first-order valence-corrected chi connectivity index (χ1v) is 6.95. The molecule has 0 amide bonds. The summed E-state index contributed by atoms with van der Waals surface area (Å²) in [4.78, 5) is 12.7. The molecule has 2 saturated carbocycles. The van der Waals surface area contributed by atoms with Crippen LogP contribution in [-0.2, 0) is 0 Å². The van der Waals surface area contributed by atoms with Crippen LogP contribution in [-0.4, -0.2) is 11.8 Å². The van der Waals surface area contributed by atoms with Crippen molar-refractivity contribution in [2.75, 3.05) is 0 Å². The van der Waals surface area contributed by atoms with Crippen LogP contribution in [0.4, 0.5) is 0 Å². The van der Waals surface area contributed by atoms with Gasteiger partial charge in [0.15, 0.2) is 5.78 Å². The maximum atomic E-state index is 12.7. The summed E-state index contributed by atoms with van der Waals surface area (Å²) >= 11 is 0. The summed E-state index contributed by atoms with van der Waals surface area (Å²) in [6.45, 7) is 4.09. The van der Waals surface area contributed by atoms with Crippen LogP contribution < -0.4 is 5.73 Å². The normalized spacial score (nSPS) is 33.9. The van der Waals surface area contributed by atoms with Gasteiger partial charge in [-0.3, -0.25) is 4.79 Å². The van der Waals surface area contributed by atoms with E-state index in [2.05, 4.69) is 13.0 Å². The van der Waals surface area contributed by atoms with Gasteiger partial charge in [-0.2, -0.15) is 0 Å². The lowest BCUT2D eigenvalue weighted by Crippen LogP contribution is -2.40. The maximum Gasteiger partial charge on any atom is 0.168 e. The average molecular weight is 243 g/mol. The van der Waals surface area contributed by atoms with E-state index in [1.165, 1.54) is 24.8 Å². The predicted molar refractivity (Wildman–Crippen MR) is 72.5 cm³/mol. The molecule has 4 atom stereocenters. The molecule has 96 valence electrons. The van der Waals surface area contributed by atoms with Gasteiger partial charge in [-0.05, 0) is 50.5 Å². The van der Waals surface area contributed by atoms with E-state index < -0.39 is 0 Å². The fourth-order valence-electron chi connectivity index (χ4n) is 3.99. The van der Waals surface area contributed by atoms with E-state index in [-0.39, 0.29) is 17.7 Å². The number of rotatable bonds is 2. The average Bonchev–Trinajstić information content (AvgIpc) is 2.88. The molecule has 2 heteroatoms. The topological polar surface area (TPSA) is 43.1 Å². The van der Waals surface area contributed by atoms with Gasteiger partial charge in [0, 0.05) is 17.5 Å². The highest BCUT2D eigenvalue weighted by atomic mass is 16.1. The molecule has 0 radical (unpaired) electrons. The fourth-order valence-corrected chi connectivity index (χ4v) is 3.99. The molecule has 0 spiro atoms. The number of hydrogen-bond donors (Lipinski definition) is 1. The Morgan fingerprint density at radius 2 is 1.94 bits per heavy atom. The van der Waals surface area contributed by atoms with E-state index in [0.717, 1.165) is 11.1 Å². The summed E-state index contributed by atoms with van der Waals surface area (Å²) in [6.07, 6.45) is 3.59. The van der Waals surface area contributed by atoms with Crippen molar-refractivity contribution in [3.8, 4) is 0 Å². The quantitative estimate of drug-likeness (QED) is 0.812. The summed E-state index contributed by atoms with van der Waals surface area (Å²) in [6, 6.07) is 6.19. The summed E-state index contributed by atoms with van der Waals surface area (Å²) in [5.74, 6) is 1.49. The molecule has 18 heavy (non-hydrogen) atoms. The second-order valence-corrected chi connectivity index (χ2v) is 6.12. The third kappa shape index (κ3) is 1.71. The molecule has 2 aliphatic rings. The number of fused-ring (bicyclic) bond motifs is 2. The lowest BCUT2D eigenvalue weighted by molar-refractivity contribution is 0.0855. The highest BCUT2D eigenvalue weighted by Crippen LogP contribution is 2.48. The Kier molecular flexibility index (Phi) is 2.78. The van der Waals surface area contributed by atoms with Crippen LogP contribution in [0.2, 0.25) is 0 Å². The summed E-state index contributed by atoms with van der Waals surface area (Å²) < 4.78 is 0. The van der Waals surface area contributed by atoms with Gasteiger partial charge in [0.1, 0.15) is 0 Å². The molecule has 4 unspecified atom stereocenters. The predicted octanol–water partition coefficient (Wildman–Crippen LogP) is 2.86. The van der Waals surface area contributed by atoms with E-state index in [4.69, 9.17) is 5.73 Å². The van der Waals surface area contributed by atoms with Crippen LogP contribution in [0, 0.1) is 31.6 Å². The molecular weight excluding hydrogens is 222 g/mol. The van der Waals surface area contributed by atoms with Crippen molar-refractivity contribution in [2.45, 2.75) is 39.2 Å². The molecule has 2 nitrogen and oxygen atoms in total. The molecule has 2 fully saturated rings. The molecule has 1 aromatic carbocycles. The van der Waals surface area contributed by atoms with Crippen molar-refractivity contribution in [3.63, 3.8) is 0 Å². The first kappa shape index (κ1) is 11.9. The van der Waals surface area contributed by atoms with E-state index >= 15 is 0 Å². The van der Waals surface area contributed by atoms with Gasteiger partial charge in [0.05, 0.1) is 0 Å². The van der Waals surface area contributed by atoms with Crippen molar-refractivity contribution < 1.29 is 4.79 Å². The van der Waals surface area contributed by atoms with Crippen LogP contribution in [0.5, 0.6) is 0 Å². The van der Waals surface area contributed by atoms with Gasteiger partial charge in [0.2, 0.25) is 0 Å². The summed E-state index contributed by atoms with van der Waals surface area (Å²) in [5, 5.41) is 0. The SMILES string of the molecule is Cc1ccc(C(=O)C2C3CCC(C3)C2N)c(C)c1. The number of hydrogen-bond acceptors (Lipinski definition) is 2. The number of nitrogens with two attached hydrogens (primary N) is 1. The zero-order valence-electron chi connectivity index (χ0n) is 11.1. The van der Waals surface area contributed by atoms with E-state index in [1.807, 2.05) is 19.1 Å². The van der Waals surface area contributed by atoms with Crippen molar-refractivity contribution in [1.82, 2.24) is 0 Å². The van der Waals surface area contributed by atoms with Crippen LogP contribution >= 0.6 is 0 Å². The van der Waals surface area contributed by atoms with Crippen LogP contribution in [0.25, 0.3) is 0 Å². The summed E-state index contributed by atoms with van der Waals surface area (Å²) in [5.41, 5.74) is 9.45. The Balaban J connectivity index is 1.91. The monoisotopic (exact) mass is 243 g/mol. The molecule has 2 N–H and O–H groups in total. The Morgan fingerprint density at radius 3 is 2.56 bits per heavy atom. The summed E-state index contributed by atoms with van der Waals surface area (Å²) in [7, 11) is 0. The van der Waals surface area contributed by atoms with Crippen LogP contribution in [0.1, 0.15) is 40.7 Å². The minimum Gasteiger partial charge on any atom is -0.327 e. The second-order valence-electron chi connectivity index (χ2n) is 6.12. The minimum absolute atomic E-state index is 0.0742. The van der Waals surface area contributed by atoms with Gasteiger partial charge in [-0.15, -0.1) is 0 Å². The van der Waals surface area contributed by atoms with E-state index in [0.29, 0.717) is 11.8 Å². The van der Waals surface area contributed by atoms with E-state index in [1.54, 1.807) is 0 Å². The van der Waals surface area contributed by atoms with Gasteiger partial charge >= 0.3 is 0 Å². The smallest absolute Gasteiger partial charge is 0.168 e. The Bertz CT molecular complexity index is 492. The highest BCUT2D eigenvalue weighted by molar-refractivity contribution is 6.00. The standard InChI is InChI=1S/C16H21NO/c1-9-3-6-13(10(2)7-9)16(18)14-11-4-5-12(8-11)15(14)17/h3,6-7,11-12,14-15H,4-5,8,17H2,1-2H3. The molecule has 1 aromatic rings. The Morgan fingerprint density at radius 1 is 1.22 bits per heavy atom. The molecule has 2 bridgehead atoms. The van der Waals surface area contributed by atoms with E-state index in [9.17, 15) is 4.79 Å². The van der Waals surface area contributed by atoms with Crippen LogP contribution in [0.3, 0.4) is 0 Å². The van der Waals surface area contributed by atoms with Gasteiger partial charge in [-0.1, -0.05) is 23.8 Å². The molecule has 3 rings (SSSR count). The van der Waals surface area contributed by atoms with Gasteiger partial charge < -0.3 is 5.73 Å². The highest BCUT2D eigenvalue weighted by Gasteiger charge is 2.49. The second kappa shape index (κ2) is 4.20. The lowest BCUT2D eigenvalue weighted by Gasteiger charge is -2.27. The maximum absolute atomic E-state index is 12.7. The van der Waals surface area contributed by atoms with Crippen LogP contribution in [0.15, 0.2) is 18.2 Å². The molecular formula is C16H21NO. The largest absolute Gasteiger partial charge is 0.327 e. The fraction of sp³-hybridized carbons (Fsp3) is 0.562. The molecule has 2 aliphatic carbocycles. The first-order valence-electron chi connectivity index (χ1n) is 6.95. The number of benzene rings is 1. The number of ketones is 1. The number of carbonyl (C=O) groups excluding carboxylic acids is 1. The molecule has 0 aliphatic heterocycles. The first-order chi connectivity index (χ1) is 8.58. The molecule has 0 heterocycles. The Labute approximate surface area is 109 Å². The lowest BCUT2D eigenvalue weighted by atomic mass is 9.79. The van der Waals surface area contributed by atoms with Crippen molar-refractivity contribution >= 4 is 5.78 Å².